The quantitative estimate of drug-likeness (QED) is 0.781. The molecule has 1 heterocycles. The van der Waals surface area contributed by atoms with Crippen molar-refractivity contribution in [2.24, 2.45) is 5.92 Å². The normalized spacial score (nSPS) is 24.1. The van der Waals surface area contributed by atoms with Crippen LogP contribution in [0.1, 0.15) is 45.4 Å². The molecule has 1 aliphatic heterocycles. The Bertz CT molecular complexity index is 259. The van der Waals surface area contributed by atoms with Gasteiger partial charge in [-0.25, -0.2) is 0 Å². The van der Waals surface area contributed by atoms with Gasteiger partial charge in [0.25, 0.3) is 0 Å². The zero-order valence-corrected chi connectivity index (χ0v) is 11.4. The molecule has 1 saturated carbocycles. The van der Waals surface area contributed by atoms with E-state index in [0.29, 0.717) is 18.6 Å². The molecule has 1 saturated heterocycles. The van der Waals surface area contributed by atoms with Gasteiger partial charge < -0.3 is 15.4 Å². The van der Waals surface area contributed by atoms with Crippen LogP contribution in [-0.4, -0.2) is 37.7 Å². The highest BCUT2D eigenvalue weighted by Crippen LogP contribution is 2.27. The second-order valence-corrected chi connectivity index (χ2v) is 5.67. The Kier molecular flexibility index (Phi) is 5.45. The summed E-state index contributed by atoms with van der Waals surface area (Å²) in [7, 11) is 0. The minimum absolute atomic E-state index is 0.131. The molecule has 4 nitrogen and oxygen atoms in total. The molecule has 0 aromatic rings. The van der Waals surface area contributed by atoms with Crippen molar-refractivity contribution >= 4 is 5.91 Å². The van der Waals surface area contributed by atoms with E-state index in [9.17, 15) is 4.79 Å². The minimum Gasteiger partial charge on any atom is -0.381 e. The molecule has 1 aliphatic carbocycles. The van der Waals surface area contributed by atoms with Crippen molar-refractivity contribution in [1.82, 2.24) is 10.6 Å². The largest absolute Gasteiger partial charge is 0.381 e. The number of amides is 1. The molecule has 4 heteroatoms. The van der Waals surface area contributed by atoms with Crippen molar-refractivity contribution in [3.63, 3.8) is 0 Å². The van der Waals surface area contributed by atoms with Gasteiger partial charge in [-0.15, -0.1) is 0 Å². The monoisotopic (exact) mass is 254 g/mol. The predicted molar refractivity (Wildman–Crippen MR) is 71.4 cm³/mol. The molecule has 0 spiro atoms. The lowest BCUT2D eigenvalue weighted by atomic mass is 10.00. The third-order valence-electron chi connectivity index (χ3n) is 4.28. The fourth-order valence-electron chi connectivity index (χ4n) is 3.00. The van der Waals surface area contributed by atoms with E-state index >= 15 is 0 Å². The van der Waals surface area contributed by atoms with Crippen molar-refractivity contribution in [1.29, 1.82) is 0 Å². The van der Waals surface area contributed by atoms with Crippen molar-refractivity contribution in [3.8, 4) is 0 Å². The first-order chi connectivity index (χ1) is 8.75. The lowest BCUT2D eigenvalue weighted by Gasteiger charge is -2.24. The Hall–Kier alpha value is -0.610. The van der Waals surface area contributed by atoms with Crippen LogP contribution in [-0.2, 0) is 9.53 Å². The number of hydrogen-bond acceptors (Lipinski definition) is 3. The Morgan fingerprint density at radius 2 is 1.89 bits per heavy atom. The maximum atomic E-state index is 11.8. The Labute approximate surface area is 110 Å². The van der Waals surface area contributed by atoms with Crippen LogP contribution in [0.4, 0.5) is 0 Å². The van der Waals surface area contributed by atoms with Gasteiger partial charge in [-0.2, -0.15) is 0 Å². The van der Waals surface area contributed by atoms with Gasteiger partial charge in [0.1, 0.15) is 0 Å². The number of nitrogens with one attached hydrogen (secondary N) is 2. The first-order valence-corrected chi connectivity index (χ1v) is 7.36. The molecule has 0 aromatic carbocycles. The van der Waals surface area contributed by atoms with Gasteiger partial charge >= 0.3 is 0 Å². The summed E-state index contributed by atoms with van der Waals surface area (Å²) in [6.07, 6.45) is 7.23. The zero-order chi connectivity index (χ0) is 12.8. The standard InChI is InChI=1S/C14H26N2O2/c1-11(12-4-2-3-5-12)15-10-14(17)16-13-6-8-18-9-7-13/h11-13,15H,2-10H2,1H3,(H,16,17)/t11-/m0/s1. The van der Waals surface area contributed by atoms with E-state index in [1.807, 2.05) is 0 Å². The Morgan fingerprint density at radius 3 is 2.56 bits per heavy atom. The fraction of sp³-hybridized carbons (Fsp3) is 0.929. The molecule has 18 heavy (non-hydrogen) atoms. The molecule has 2 fully saturated rings. The Balaban J connectivity index is 1.61. The maximum Gasteiger partial charge on any atom is 0.234 e. The average molecular weight is 254 g/mol. The second kappa shape index (κ2) is 7.10. The smallest absolute Gasteiger partial charge is 0.234 e. The molecule has 2 aliphatic rings. The number of ether oxygens (including phenoxy) is 1. The van der Waals surface area contributed by atoms with Crippen LogP contribution in [0, 0.1) is 5.92 Å². The van der Waals surface area contributed by atoms with E-state index in [-0.39, 0.29) is 5.91 Å². The highest BCUT2D eigenvalue weighted by atomic mass is 16.5. The van der Waals surface area contributed by atoms with Gasteiger partial charge in [0.15, 0.2) is 0 Å². The fourth-order valence-corrected chi connectivity index (χ4v) is 3.00. The summed E-state index contributed by atoms with van der Waals surface area (Å²) >= 11 is 0. The summed E-state index contributed by atoms with van der Waals surface area (Å²) in [6.45, 7) is 4.21. The summed E-state index contributed by atoms with van der Waals surface area (Å²) in [6, 6.07) is 0.780. The van der Waals surface area contributed by atoms with Crippen molar-refractivity contribution < 1.29 is 9.53 Å². The van der Waals surface area contributed by atoms with Gasteiger partial charge in [-0.05, 0) is 38.5 Å². The van der Waals surface area contributed by atoms with E-state index in [0.717, 1.165) is 32.0 Å². The van der Waals surface area contributed by atoms with Gasteiger partial charge in [0.05, 0.1) is 6.54 Å². The average Bonchev–Trinajstić information content (AvgIpc) is 2.91. The third kappa shape index (κ3) is 4.25. The van der Waals surface area contributed by atoms with Crippen LogP contribution in [0.2, 0.25) is 0 Å². The van der Waals surface area contributed by atoms with Gasteiger partial charge in [-0.1, -0.05) is 12.8 Å². The summed E-state index contributed by atoms with van der Waals surface area (Å²) < 4.78 is 5.28. The molecule has 2 rings (SSSR count). The van der Waals surface area contributed by atoms with Crippen LogP contribution >= 0.6 is 0 Å². The molecule has 2 N–H and O–H groups in total. The molecule has 0 bridgehead atoms. The highest BCUT2D eigenvalue weighted by Gasteiger charge is 2.22. The molecule has 0 aromatic heterocycles. The van der Waals surface area contributed by atoms with Gasteiger partial charge in [0, 0.05) is 25.3 Å². The summed E-state index contributed by atoms with van der Waals surface area (Å²) in [5.41, 5.74) is 0. The maximum absolute atomic E-state index is 11.8. The van der Waals surface area contributed by atoms with E-state index in [2.05, 4.69) is 17.6 Å². The molecular weight excluding hydrogens is 228 g/mol. The molecule has 1 amide bonds. The predicted octanol–water partition coefficient (Wildman–Crippen LogP) is 1.45. The van der Waals surface area contributed by atoms with E-state index in [4.69, 9.17) is 4.74 Å². The van der Waals surface area contributed by atoms with E-state index < -0.39 is 0 Å². The lowest BCUT2D eigenvalue weighted by molar-refractivity contribution is -0.121. The second-order valence-electron chi connectivity index (χ2n) is 5.67. The van der Waals surface area contributed by atoms with Crippen molar-refractivity contribution in [3.05, 3.63) is 0 Å². The molecule has 104 valence electrons. The summed E-state index contributed by atoms with van der Waals surface area (Å²) in [5.74, 6) is 0.896. The number of carbonyl (C=O) groups excluding carboxylic acids is 1. The Morgan fingerprint density at radius 1 is 1.22 bits per heavy atom. The number of hydrogen-bond donors (Lipinski definition) is 2. The van der Waals surface area contributed by atoms with Crippen molar-refractivity contribution in [2.45, 2.75) is 57.5 Å². The van der Waals surface area contributed by atoms with Gasteiger partial charge in [0.2, 0.25) is 5.91 Å². The van der Waals surface area contributed by atoms with E-state index in [1.165, 1.54) is 25.7 Å². The zero-order valence-electron chi connectivity index (χ0n) is 11.4. The highest BCUT2D eigenvalue weighted by molar-refractivity contribution is 5.78. The van der Waals surface area contributed by atoms with Crippen LogP contribution in [0.25, 0.3) is 0 Å². The summed E-state index contributed by atoms with van der Waals surface area (Å²) in [5, 5.41) is 6.45. The molecule has 0 radical (unpaired) electrons. The summed E-state index contributed by atoms with van der Waals surface area (Å²) in [4.78, 5) is 11.8. The first-order valence-electron chi connectivity index (χ1n) is 7.36. The molecular formula is C14H26N2O2. The van der Waals surface area contributed by atoms with Crippen LogP contribution < -0.4 is 10.6 Å². The lowest BCUT2D eigenvalue weighted by Crippen LogP contribution is -2.45. The van der Waals surface area contributed by atoms with Crippen LogP contribution in [0.5, 0.6) is 0 Å². The molecule has 0 unspecified atom stereocenters. The van der Waals surface area contributed by atoms with Crippen molar-refractivity contribution in [2.75, 3.05) is 19.8 Å². The minimum atomic E-state index is 0.131. The van der Waals surface area contributed by atoms with Crippen LogP contribution in [0.3, 0.4) is 0 Å². The third-order valence-corrected chi connectivity index (χ3v) is 4.28. The number of rotatable bonds is 5. The number of carbonyl (C=O) groups is 1. The SMILES string of the molecule is C[C@H](NCC(=O)NC1CCOCC1)C1CCCC1. The molecule has 1 atom stereocenters. The topological polar surface area (TPSA) is 50.4 Å². The van der Waals surface area contributed by atoms with Gasteiger partial charge in [-0.3, -0.25) is 4.79 Å². The first kappa shape index (κ1) is 13.8. The van der Waals surface area contributed by atoms with E-state index in [1.54, 1.807) is 0 Å². The van der Waals surface area contributed by atoms with Crippen LogP contribution in [0.15, 0.2) is 0 Å².